The number of hydrogen-bond donors (Lipinski definition) is 0. The molecule has 0 aromatic heterocycles. The van der Waals surface area contributed by atoms with Gasteiger partial charge in [0.1, 0.15) is 0 Å². The zero-order chi connectivity index (χ0) is 19.9. The molecule has 0 bridgehead atoms. The fraction of sp³-hybridized carbons (Fsp3) is 0.304. The Morgan fingerprint density at radius 1 is 1.00 bits per heavy atom. The van der Waals surface area contributed by atoms with Gasteiger partial charge in [-0.1, -0.05) is 48.0 Å². The van der Waals surface area contributed by atoms with E-state index in [0.29, 0.717) is 13.1 Å². The van der Waals surface area contributed by atoms with Crippen LogP contribution < -0.4 is 4.90 Å². The molecule has 1 fully saturated rings. The topological polar surface area (TPSA) is 49.9 Å². The molecule has 5 heteroatoms. The summed E-state index contributed by atoms with van der Waals surface area (Å²) < 4.78 is 5.30. The zero-order valence-electron chi connectivity index (χ0n) is 16.4. The predicted molar refractivity (Wildman–Crippen MR) is 111 cm³/mol. The van der Waals surface area contributed by atoms with Crippen LogP contribution in [0.25, 0.3) is 6.08 Å². The Morgan fingerprint density at radius 2 is 1.71 bits per heavy atom. The second-order valence-electron chi connectivity index (χ2n) is 6.97. The molecule has 0 spiro atoms. The normalized spacial score (nSPS) is 15.5. The summed E-state index contributed by atoms with van der Waals surface area (Å²) in [4.78, 5) is 28.7. The van der Waals surface area contributed by atoms with Gasteiger partial charge in [0.15, 0.2) is 6.10 Å². The summed E-state index contributed by atoms with van der Waals surface area (Å²) in [5.74, 6) is -0.657. The van der Waals surface area contributed by atoms with Crippen LogP contribution in [0.5, 0.6) is 0 Å². The summed E-state index contributed by atoms with van der Waals surface area (Å²) in [6.45, 7) is 6.40. The molecule has 0 saturated carbocycles. The van der Waals surface area contributed by atoms with Crippen molar-refractivity contribution in [3.63, 3.8) is 0 Å². The van der Waals surface area contributed by atoms with Crippen molar-refractivity contribution in [3.05, 3.63) is 71.8 Å². The number of ether oxygens (including phenoxy) is 1. The first-order valence-electron chi connectivity index (χ1n) is 9.57. The summed E-state index contributed by atoms with van der Waals surface area (Å²) in [6, 6.07) is 18.0. The first kappa shape index (κ1) is 19.7. The molecule has 2 aromatic carbocycles. The SMILES string of the molecule is Cc1cccc(/C=C/C(=O)O[C@@H](C)C(=O)N2CCN(c3ccccc3)CC2)c1. The second-order valence-corrected chi connectivity index (χ2v) is 6.97. The van der Waals surface area contributed by atoms with E-state index in [4.69, 9.17) is 4.74 Å². The van der Waals surface area contributed by atoms with Gasteiger partial charge in [0, 0.05) is 37.9 Å². The van der Waals surface area contributed by atoms with Crippen LogP contribution in [0, 0.1) is 6.92 Å². The van der Waals surface area contributed by atoms with Crippen LogP contribution in [0.1, 0.15) is 18.1 Å². The third-order valence-corrected chi connectivity index (χ3v) is 4.81. The van der Waals surface area contributed by atoms with Crippen molar-refractivity contribution in [2.75, 3.05) is 31.1 Å². The number of piperazine rings is 1. The lowest BCUT2D eigenvalue weighted by Crippen LogP contribution is -2.51. The van der Waals surface area contributed by atoms with Gasteiger partial charge in [-0.15, -0.1) is 0 Å². The highest BCUT2D eigenvalue weighted by molar-refractivity contribution is 5.90. The van der Waals surface area contributed by atoms with Crippen molar-refractivity contribution in [3.8, 4) is 0 Å². The van der Waals surface area contributed by atoms with E-state index in [9.17, 15) is 9.59 Å². The first-order valence-corrected chi connectivity index (χ1v) is 9.57. The maximum absolute atomic E-state index is 12.6. The van der Waals surface area contributed by atoms with Gasteiger partial charge >= 0.3 is 5.97 Å². The summed E-state index contributed by atoms with van der Waals surface area (Å²) in [5.41, 5.74) is 3.21. The molecule has 0 radical (unpaired) electrons. The minimum Gasteiger partial charge on any atom is -0.449 e. The Balaban J connectivity index is 1.48. The van der Waals surface area contributed by atoms with Gasteiger partial charge in [0.05, 0.1) is 0 Å². The number of anilines is 1. The van der Waals surface area contributed by atoms with E-state index in [-0.39, 0.29) is 5.91 Å². The fourth-order valence-corrected chi connectivity index (χ4v) is 3.28. The summed E-state index contributed by atoms with van der Waals surface area (Å²) in [7, 11) is 0. The second kappa shape index (κ2) is 9.22. The molecular weight excluding hydrogens is 352 g/mol. The van der Waals surface area contributed by atoms with Crippen LogP contribution in [0.15, 0.2) is 60.7 Å². The van der Waals surface area contributed by atoms with Gasteiger partial charge < -0.3 is 14.5 Å². The van der Waals surface area contributed by atoms with Crippen LogP contribution in [-0.4, -0.2) is 49.1 Å². The summed E-state index contributed by atoms with van der Waals surface area (Å²) >= 11 is 0. The molecule has 1 aliphatic rings. The molecule has 1 aliphatic heterocycles. The van der Waals surface area contributed by atoms with Gasteiger partial charge in [-0.05, 0) is 37.6 Å². The molecule has 5 nitrogen and oxygen atoms in total. The van der Waals surface area contributed by atoms with Crippen LogP contribution in [0.2, 0.25) is 0 Å². The lowest BCUT2D eigenvalue weighted by atomic mass is 10.1. The lowest BCUT2D eigenvalue weighted by molar-refractivity contribution is -0.155. The quantitative estimate of drug-likeness (QED) is 0.592. The lowest BCUT2D eigenvalue weighted by Gasteiger charge is -2.36. The summed E-state index contributed by atoms with van der Waals surface area (Å²) in [5, 5.41) is 0. The van der Waals surface area contributed by atoms with Gasteiger partial charge in [-0.25, -0.2) is 4.79 Å². The number of carbonyl (C=O) groups is 2. The number of esters is 1. The van der Waals surface area contributed by atoms with Gasteiger partial charge in [-0.2, -0.15) is 0 Å². The van der Waals surface area contributed by atoms with Crippen molar-refractivity contribution in [1.82, 2.24) is 4.90 Å². The average molecular weight is 378 g/mol. The van der Waals surface area contributed by atoms with Gasteiger partial charge in [0.2, 0.25) is 0 Å². The van der Waals surface area contributed by atoms with Crippen molar-refractivity contribution >= 4 is 23.6 Å². The number of amides is 1. The largest absolute Gasteiger partial charge is 0.449 e. The number of rotatable bonds is 5. The van der Waals surface area contributed by atoms with E-state index in [1.807, 2.05) is 49.4 Å². The molecule has 3 rings (SSSR count). The number of para-hydroxylation sites is 1. The molecule has 146 valence electrons. The number of aryl methyl sites for hydroxylation is 1. The number of nitrogens with zero attached hydrogens (tertiary/aromatic N) is 2. The van der Waals surface area contributed by atoms with Crippen LogP contribution >= 0.6 is 0 Å². The molecule has 2 aromatic rings. The number of benzene rings is 2. The first-order chi connectivity index (χ1) is 13.5. The summed E-state index contributed by atoms with van der Waals surface area (Å²) in [6.07, 6.45) is 2.27. The molecule has 0 unspecified atom stereocenters. The van der Waals surface area contributed by atoms with Crippen LogP contribution in [0.4, 0.5) is 5.69 Å². The molecule has 1 atom stereocenters. The Bertz CT molecular complexity index is 840. The highest BCUT2D eigenvalue weighted by Gasteiger charge is 2.26. The third-order valence-electron chi connectivity index (χ3n) is 4.81. The predicted octanol–water partition coefficient (Wildman–Crippen LogP) is 3.29. The van der Waals surface area contributed by atoms with Crippen molar-refractivity contribution in [1.29, 1.82) is 0 Å². The monoisotopic (exact) mass is 378 g/mol. The average Bonchev–Trinajstić information content (AvgIpc) is 2.72. The Labute approximate surface area is 166 Å². The Morgan fingerprint density at radius 3 is 2.39 bits per heavy atom. The van der Waals surface area contributed by atoms with E-state index in [0.717, 1.165) is 29.9 Å². The maximum Gasteiger partial charge on any atom is 0.331 e. The molecule has 1 saturated heterocycles. The maximum atomic E-state index is 12.6. The molecular formula is C23H26N2O3. The smallest absolute Gasteiger partial charge is 0.331 e. The standard InChI is InChI=1S/C23H26N2O3/c1-18-7-6-8-20(17-18)11-12-22(26)28-19(2)23(27)25-15-13-24(14-16-25)21-9-4-3-5-10-21/h3-12,17,19H,13-16H2,1-2H3/b12-11+/t19-/m0/s1. The van der Waals surface area contributed by atoms with E-state index >= 15 is 0 Å². The zero-order valence-corrected chi connectivity index (χ0v) is 16.4. The van der Waals surface area contributed by atoms with Crippen molar-refractivity contribution in [2.45, 2.75) is 20.0 Å². The van der Waals surface area contributed by atoms with Crippen molar-refractivity contribution in [2.24, 2.45) is 0 Å². The minimum absolute atomic E-state index is 0.148. The highest BCUT2D eigenvalue weighted by atomic mass is 16.5. The molecule has 1 amide bonds. The Kier molecular flexibility index (Phi) is 6.48. The van der Waals surface area contributed by atoms with Gasteiger partial charge in [-0.3, -0.25) is 4.79 Å². The highest BCUT2D eigenvalue weighted by Crippen LogP contribution is 2.16. The molecule has 28 heavy (non-hydrogen) atoms. The van der Waals surface area contributed by atoms with Crippen LogP contribution in [0.3, 0.4) is 0 Å². The molecule has 0 N–H and O–H groups in total. The molecule has 1 heterocycles. The van der Waals surface area contributed by atoms with Crippen molar-refractivity contribution < 1.29 is 14.3 Å². The van der Waals surface area contributed by atoms with Gasteiger partial charge in [0.25, 0.3) is 5.91 Å². The minimum atomic E-state index is -0.794. The number of hydrogen-bond acceptors (Lipinski definition) is 4. The number of carbonyl (C=O) groups excluding carboxylic acids is 2. The fourth-order valence-electron chi connectivity index (χ4n) is 3.28. The van der Waals surface area contributed by atoms with E-state index < -0.39 is 12.1 Å². The van der Waals surface area contributed by atoms with E-state index in [1.165, 1.54) is 6.08 Å². The molecule has 0 aliphatic carbocycles. The van der Waals surface area contributed by atoms with E-state index in [1.54, 1.807) is 17.9 Å². The van der Waals surface area contributed by atoms with Crippen LogP contribution in [-0.2, 0) is 14.3 Å². The Hall–Kier alpha value is -3.08. The van der Waals surface area contributed by atoms with E-state index in [2.05, 4.69) is 17.0 Å². The third kappa shape index (κ3) is 5.22.